The molecule has 0 amide bonds. The van der Waals surface area contributed by atoms with Crippen LogP contribution in [0.15, 0.2) is 53.6 Å². The Morgan fingerprint density at radius 2 is 1.63 bits per heavy atom. The number of aromatic nitrogens is 2. The number of ether oxygens (including phenoxy) is 1. The zero-order valence-corrected chi connectivity index (χ0v) is 23.1. The van der Waals surface area contributed by atoms with Crippen molar-refractivity contribution in [1.29, 1.82) is 0 Å². The van der Waals surface area contributed by atoms with Crippen molar-refractivity contribution in [3.05, 3.63) is 65.4 Å². The Kier molecular flexibility index (Phi) is 8.63. The molecule has 0 atom stereocenters. The van der Waals surface area contributed by atoms with Gasteiger partial charge in [-0.15, -0.1) is 0 Å². The third kappa shape index (κ3) is 7.26. The van der Waals surface area contributed by atoms with Gasteiger partial charge in [0.25, 0.3) is 0 Å². The van der Waals surface area contributed by atoms with Crippen molar-refractivity contribution < 1.29 is 21.6 Å². The van der Waals surface area contributed by atoms with Crippen molar-refractivity contribution in [2.24, 2.45) is 0 Å². The highest BCUT2D eigenvalue weighted by molar-refractivity contribution is 7.90. The summed E-state index contributed by atoms with van der Waals surface area (Å²) in [5.41, 5.74) is 3.57. The summed E-state index contributed by atoms with van der Waals surface area (Å²) in [7, 11) is -5.44. The fourth-order valence-electron chi connectivity index (χ4n) is 3.60. The van der Waals surface area contributed by atoms with E-state index in [-0.39, 0.29) is 29.8 Å². The molecule has 0 radical (unpaired) electrons. The van der Waals surface area contributed by atoms with E-state index in [1.165, 1.54) is 13.2 Å². The van der Waals surface area contributed by atoms with Crippen LogP contribution >= 0.6 is 0 Å². The number of nitrogens with zero attached hydrogens (tertiary/aromatic N) is 2. The van der Waals surface area contributed by atoms with Gasteiger partial charge in [-0.3, -0.25) is 0 Å². The molecule has 38 heavy (non-hydrogen) atoms. The first-order valence-electron chi connectivity index (χ1n) is 12.1. The van der Waals surface area contributed by atoms with Crippen molar-refractivity contribution in [3.63, 3.8) is 0 Å². The van der Waals surface area contributed by atoms with Gasteiger partial charge in [0.15, 0.2) is 0 Å². The first kappa shape index (κ1) is 27.9. The van der Waals surface area contributed by atoms with Gasteiger partial charge < -0.3 is 15.4 Å². The highest BCUT2D eigenvalue weighted by Gasteiger charge is 2.35. The summed E-state index contributed by atoms with van der Waals surface area (Å²) in [6.45, 7) is 4.28. The van der Waals surface area contributed by atoms with E-state index in [2.05, 4.69) is 30.0 Å². The number of aryl methyl sites for hydroxylation is 2. The molecule has 1 heterocycles. The average Bonchev–Trinajstić information content (AvgIpc) is 3.73. The van der Waals surface area contributed by atoms with Crippen LogP contribution in [-0.2, 0) is 31.3 Å². The van der Waals surface area contributed by atoms with E-state index >= 15 is 0 Å². The zero-order chi connectivity index (χ0) is 27.3. The van der Waals surface area contributed by atoms with E-state index in [0.29, 0.717) is 23.0 Å². The van der Waals surface area contributed by atoms with E-state index in [0.717, 1.165) is 29.7 Å². The third-order valence-corrected chi connectivity index (χ3v) is 9.46. The van der Waals surface area contributed by atoms with Crippen molar-refractivity contribution in [3.8, 4) is 0 Å². The predicted molar refractivity (Wildman–Crippen MR) is 147 cm³/mol. The van der Waals surface area contributed by atoms with Crippen LogP contribution < -0.4 is 20.1 Å². The molecule has 1 aliphatic rings. The van der Waals surface area contributed by atoms with Gasteiger partial charge in [0.1, 0.15) is 5.82 Å². The summed E-state index contributed by atoms with van der Waals surface area (Å²) >= 11 is 0. The molecule has 3 aromatic rings. The molecule has 13 heteroatoms. The Bertz CT molecular complexity index is 1490. The Labute approximate surface area is 223 Å². The number of anilines is 4. The second-order valence-corrected chi connectivity index (χ2v) is 12.9. The van der Waals surface area contributed by atoms with Gasteiger partial charge in [0.2, 0.25) is 26.0 Å². The molecule has 4 N–H and O–H groups in total. The van der Waals surface area contributed by atoms with Crippen LogP contribution in [0, 0.1) is 13.8 Å². The largest absolute Gasteiger partial charge is 0.383 e. The maximum atomic E-state index is 12.7. The predicted octanol–water partition coefficient (Wildman–Crippen LogP) is 3.09. The quantitative estimate of drug-likeness (QED) is 0.231. The second-order valence-electron chi connectivity index (χ2n) is 9.11. The Balaban J connectivity index is 1.44. The standard InChI is InChI=1S/C25H32N6O5S2/c1-17-4-7-21(14-23(17)38(34,35)27-12-13-36-3)30-25-26-15-18(2)24(31-25)29-20-8-5-19(6-9-20)16-28-37(32,33)22-10-11-22/h4-9,14-15,22,27-28H,10-13,16H2,1-3H3,(H2,26,29,30,31). The van der Waals surface area contributed by atoms with Gasteiger partial charge in [-0.05, 0) is 62.1 Å². The summed E-state index contributed by atoms with van der Waals surface area (Å²) in [5.74, 6) is 0.870. The highest BCUT2D eigenvalue weighted by atomic mass is 32.2. The lowest BCUT2D eigenvalue weighted by Gasteiger charge is -2.13. The molecule has 1 fully saturated rings. The molecule has 1 aliphatic carbocycles. The van der Waals surface area contributed by atoms with E-state index in [1.807, 2.05) is 31.2 Å². The number of benzene rings is 2. The minimum Gasteiger partial charge on any atom is -0.383 e. The van der Waals surface area contributed by atoms with Crippen LogP contribution in [0.2, 0.25) is 0 Å². The highest BCUT2D eigenvalue weighted by Crippen LogP contribution is 2.28. The lowest BCUT2D eigenvalue weighted by molar-refractivity contribution is 0.204. The first-order valence-corrected chi connectivity index (χ1v) is 15.1. The van der Waals surface area contributed by atoms with E-state index in [9.17, 15) is 16.8 Å². The minimum atomic E-state index is -3.71. The van der Waals surface area contributed by atoms with E-state index in [4.69, 9.17) is 4.74 Å². The molecule has 1 saturated carbocycles. The minimum absolute atomic E-state index is 0.156. The van der Waals surface area contributed by atoms with E-state index < -0.39 is 20.0 Å². The number of hydrogen-bond acceptors (Lipinski definition) is 9. The van der Waals surface area contributed by atoms with Gasteiger partial charge in [-0.2, -0.15) is 4.98 Å². The molecule has 0 aliphatic heterocycles. The van der Waals surface area contributed by atoms with Crippen molar-refractivity contribution in [2.75, 3.05) is 30.9 Å². The van der Waals surface area contributed by atoms with Gasteiger partial charge >= 0.3 is 0 Å². The molecule has 0 saturated heterocycles. The summed E-state index contributed by atoms with van der Waals surface area (Å²) in [5, 5.41) is 6.08. The molecule has 204 valence electrons. The van der Waals surface area contributed by atoms with Crippen molar-refractivity contribution >= 4 is 43.2 Å². The van der Waals surface area contributed by atoms with Gasteiger partial charge in [0, 0.05) is 43.3 Å². The Morgan fingerprint density at radius 3 is 2.32 bits per heavy atom. The summed E-state index contributed by atoms with van der Waals surface area (Å²) < 4.78 is 59.6. The topological polar surface area (TPSA) is 151 Å². The summed E-state index contributed by atoms with van der Waals surface area (Å²) in [6, 6.07) is 12.4. The van der Waals surface area contributed by atoms with Crippen LogP contribution in [0.1, 0.15) is 29.5 Å². The molecule has 11 nitrogen and oxygen atoms in total. The normalized spacial score (nSPS) is 13.9. The molecule has 1 aromatic heterocycles. The van der Waals surface area contributed by atoms with Gasteiger partial charge in [0.05, 0.1) is 16.8 Å². The second kappa shape index (κ2) is 11.7. The number of methoxy groups -OCH3 is 1. The molecule has 0 spiro atoms. The van der Waals surface area contributed by atoms with E-state index in [1.54, 1.807) is 25.3 Å². The number of rotatable bonds is 13. The van der Waals surface area contributed by atoms with Crippen LogP contribution in [0.4, 0.5) is 23.1 Å². The summed E-state index contributed by atoms with van der Waals surface area (Å²) in [6.07, 6.45) is 3.12. The molecular formula is C25H32N6O5S2. The number of nitrogens with one attached hydrogen (secondary N) is 4. The van der Waals surface area contributed by atoms with Crippen molar-refractivity contribution in [1.82, 2.24) is 19.4 Å². The molecular weight excluding hydrogens is 528 g/mol. The van der Waals surface area contributed by atoms with Crippen molar-refractivity contribution in [2.45, 2.75) is 43.4 Å². The Morgan fingerprint density at radius 1 is 0.921 bits per heavy atom. The molecule has 0 unspecified atom stereocenters. The van der Waals surface area contributed by atoms with Crippen LogP contribution in [-0.4, -0.2) is 52.3 Å². The maximum absolute atomic E-state index is 12.7. The SMILES string of the molecule is COCCNS(=O)(=O)c1cc(Nc2ncc(C)c(Nc3ccc(CNS(=O)(=O)C4CC4)cc3)n2)ccc1C. The van der Waals surface area contributed by atoms with Crippen LogP contribution in [0.25, 0.3) is 0 Å². The first-order chi connectivity index (χ1) is 18.1. The fourth-order valence-corrected chi connectivity index (χ4v) is 6.25. The average molecular weight is 561 g/mol. The van der Waals surface area contributed by atoms with Crippen LogP contribution in [0.5, 0.6) is 0 Å². The third-order valence-electron chi connectivity index (χ3n) is 5.96. The lowest BCUT2D eigenvalue weighted by atomic mass is 10.2. The number of sulfonamides is 2. The summed E-state index contributed by atoms with van der Waals surface area (Å²) in [4.78, 5) is 9.03. The maximum Gasteiger partial charge on any atom is 0.240 e. The van der Waals surface area contributed by atoms with Crippen LogP contribution in [0.3, 0.4) is 0 Å². The molecule has 2 aromatic carbocycles. The Hall–Kier alpha value is -3.10. The monoisotopic (exact) mass is 560 g/mol. The lowest BCUT2D eigenvalue weighted by Crippen LogP contribution is -2.27. The molecule has 4 rings (SSSR count). The smallest absolute Gasteiger partial charge is 0.240 e. The molecule has 0 bridgehead atoms. The van der Waals surface area contributed by atoms with Gasteiger partial charge in [-0.25, -0.2) is 31.3 Å². The fraction of sp³-hybridized carbons (Fsp3) is 0.360. The zero-order valence-electron chi connectivity index (χ0n) is 21.5. The van der Waals surface area contributed by atoms with Gasteiger partial charge in [-0.1, -0.05) is 18.2 Å². The number of hydrogen-bond donors (Lipinski definition) is 4.